The standard InChI is InChI=1S/C20H18F2O/c1-20(2,22)18-13-23-19-11-9-15(21)12-17(19)16(18)10-8-14-6-4-3-5-7-14/h3-7,9,11-12,16,18H,13H2,1-2H3/t16-,18+/m0/s1. The van der Waals surface area contributed by atoms with Crippen LogP contribution in [0.15, 0.2) is 48.5 Å². The lowest BCUT2D eigenvalue weighted by molar-refractivity contribution is 0.0605. The summed E-state index contributed by atoms with van der Waals surface area (Å²) in [5.41, 5.74) is 0.00260. The lowest BCUT2D eigenvalue weighted by atomic mass is 9.76. The molecule has 3 heteroatoms. The van der Waals surface area contributed by atoms with Crippen molar-refractivity contribution in [2.45, 2.75) is 25.4 Å². The Morgan fingerprint density at radius 1 is 1.13 bits per heavy atom. The number of hydrogen-bond acceptors (Lipinski definition) is 1. The van der Waals surface area contributed by atoms with Crippen LogP contribution in [0.4, 0.5) is 8.78 Å². The average Bonchev–Trinajstić information content (AvgIpc) is 2.52. The first-order valence-corrected chi connectivity index (χ1v) is 7.63. The zero-order valence-electron chi connectivity index (χ0n) is 13.1. The first kappa shape index (κ1) is 15.6. The minimum atomic E-state index is -1.47. The van der Waals surface area contributed by atoms with E-state index in [0.717, 1.165) is 5.56 Å². The van der Waals surface area contributed by atoms with E-state index in [-0.39, 0.29) is 12.4 Å². The molecule has 0 unspecified atom stereocenters. The molecule has 0 saturated carbocycles. The molecular weight excluding hydrogens is 294 g/mol. The third-order valence-electron chi connectivity index (χ3n) is 4.16. The van der Waals surface area contributed by atoms with Gasteiger partial charge in [-0.25, -0.2) is 8.78 Å². The lowest BCUT2D eigenvalue weighted by Gasteiger charge is -2.36. The number of ether oxygens (including phenoxy) is 1. The summed E-state index contributed by atoms with van der Waals surface area (Å²) in [6.07, 6.45) is 0. The molecule has 0 radical (unpaired) electrons. The molecule has 0 saturated heterocycles. The second-order valence-electron chi connectivity index (χ2n) is 6.28. The van der Waals surface area contributed by atoms with E-state index in [9.17, 15) is 8.78 Å². The van der Waals surface area contributed by atoms with Crippen molar-refractivity contribution in [3.8, 4) is 17.6 Å². The summed E-state index contributed by atoms with van der Waals surface area (Å²) in [6, 6.07) is 13.8. The summed E-state index contributed by atoms with van der Waals surface area (Å²) in [7, 11) is 0. The van der Waals surface area contributed by atoms with E-state index in [1.807, 2.05) is 30.3 Å². The molecule has 0 spiro atoms. The van der Waals surface area contributed by atoms with Crippen LogP contribution in [0, 0.1) is 23.6 Å². The van der Waals surface area contributed by atoms with Crippen LogP contribution in [0.2, 0.25) is 0 Å². The molecule has 2 atom stereocenters. The van der Waals surface area contributed by atoms with Crippen LogP contribution in [0.3, 0.4) is 0 Å². The van der Waals surface area contributed by atoms with E-state index in [0.29, 0.717) is 11.3 Å². The second kappa shape index (κ2) is 6.04. The highest BCUT2D eigenvalue weighted by Gasteiger charge is 2.40. The van der Waals surface area contributed by atoms with Crippen molar-refractivity contribution in [3.63, 3.8) is 0 Å². The Bertz CT molecular complexity index is 751. The SMILES string of the molecule is CC(C)(F)[C@@H]1COc2ccc(F)cc2[C@@H]1C#Cc1ccccc1. The van der Waals surface area contributed by atoms with E-state index >= 15 is 0 Å². The number of fused-ring (bicyclic) bond motifs is 1. The zero-order valence-corrected chi connectivity index (χ0v) is 13.1. The van der Waals surface area contributed by atoms with E-state index in [2.05, 4.69) is 11.8 Å². The molecule has 1 heterocycles. The van der Waals surface area contributed by atoms with Crippen LogP contribution < -0.4 is 4.74 Å². The molecule has 0 aliphatic carbocycles. The Kier molecular flexibility index (Phi) is 4.09. The Morgan fingerprint density at radius 3 is 2.57 bits per heavy atom. The van der Waals surface area contributed by atoms with Crippen LogP contribution in [-0.4, -0.2) is 12.3 Å². The maximum absolute atomic E-state index is 14.6. The molecule has 3 rings (SSSR count). The fourth-order valence-electron chi connectivity index (χ4n) is 2.84. The predicted molar refractivity (Wildman–Crippen MR) is 86.6 cm³/mol. The van der Waals surface area contributed by atoms with Gasteiger partial charge in [0.25, 0.3) is 0 Å². The third-order valence-corrected chi connectivity index (χ3v) is 4.16. The molecule has 0 amide bonds. The molecule has 23 heavy (non-hydrogen) atoms. The van der Waals surface area contributed by atoms with Crippen molar-refractivity contribution >= 4 is 0 Å². The van der Waals surface area contributed by atoms with Gasteiger partial charge in [0, 0.05) is 17.0 Å². The predicted octanol–water partition coefficient (Wildman–Crippen LogP) is 4.72. The van der Waals surface area contributed by atoms with Gasteiger partial charge in [0.2, 0.25) is 0 Å². The van der Waals surface area contributed by atoms with Crippen molar-refractivity contribution in [2.24, 2.45) is 5.92 Å². The number of benzene rings is 2. The molecule has 0 fully saturated rings. The van der Waals surface area contributed by atoms with Crippen molar-refractivity contribution in [3.05, 3.63) is 65.5 Å². The normalized spacial score (nSPS) is 20.0. The van der Waals surface area contributed by atoms with Crippen molar-refractivity contribution in [2.75, 3.05) is 6.61 Å². The largest absolute Gasteiger partial charge is 0.493 e. The molecule has 0 aromatic heterocycles. The highest BCUT2D eigenvalue weighted by Crippen LogP contribution is 2.42. The molecular formula is C20H18F2O. The van der Waals surface area contributed by atoms with Gasteiger partial charge in [-0.3, -0.25) is 0 Å². The summed E-state index contributed by atoms with van der Waals surface area (Å²) in [5, 5.41) is 0. The van der Waals surface area contributed by atoms with Gasteiger partial charge in [-0.15, -0.1) is 0 Å². The first-order chi connectivity index (χ1) is 10.9. The fourth-order valence-corrected chi connectivity index (χ4v) is 2.84. The van der Waals surface area contributed by atoms with Crippen LogP contribution in [0.25, 0.3) is 0 Å². The number of rotatable bonds is 1. The second-order valence-corrected chi connectivity index (χ2v) is 6.28. The van der Waals surface area contributed by atoms with Gasteiger partial charge >= 0.3 is 0 Å². The molecule has 1 aliphatic heterocycles. The minimum Gasteiger partial charge on any atom is -0.493 e. The third kappa shape index (κ3) is 3.37. The minimum absolute atomic E-state index is 0.232. The van der Waals surface area contributed by atoms with Crippen LogP contribution >= 0.6 is 0 Å². The molecule has 1 nitrogen and oxygen atoms in total. The van der Waals surface area contributed by atoms with E-state index in [1.165, 1.54) is 26.0 Å². The molecule has 0 N–H and O–H groups in total. The van der Waals surface area contributed by atoms with Crippen LogP contribution in [0.1, 0.15) is 30.9 Å². The van der Waals surface area contributed by atoms with Gasteiger partial charge in [0.1, 0.15) is 17.2 Å². The smallest absolute Gasteiger partial charge is 0.123 e. The van der Waals surface area contributed by atoms with Crippen molar-refractivity contribution < 1.29 is 13.5 Å². The van der Waals surface area contributed by atoms with Gasteiger partial charge in [-0.2, -0.15) is 0 Å². The zero-order chi connectivity index (χ0) is 16.4. The molecule has 2 aromatic carbocycles. The fraction of sp³-hybridized carbons (Fsp3) is 0.300. The van der Waals surface area contributed by atoms with Crippen molar-refractivity contribution in [1.29, 1.82) is 0 Å². The maximum atomic E-state index is 14.6. The van der Waals surface area contributed by atoms with E-state index in [4.69, 9.17) is 4.74 Å². The molecule has 0 bridgehead atoms. The van der Waals surface area contributed by atoms with Gasteiger partial charge in [-0.05, 0) is 44.2 Å². The van der Waals surface area contributed by atoms with Gasteiger partial charge in [0.15, 0.2) is 0 Å². The van der Waals surface area contributed by atoms with Gasteiger partial charge < -0.3 is 4.74 Å². The summed E-state index contributed by atoms with van der Waals surface area (Å²) in [5.74, 6) is 5.58. The lowest BCUT2D eigenvalue weighted by Crippen LogP contribution is -2.38. The Hall–Kier alpha value is -2.34. The van der Waals surface area contributed by atoms with Gasteiger partial charge in [-0.1, -0.05) is 30.0 Å². The number of alkyl halides is 1. The Labute approximate surface area is 135 Å². The summed E-state index contributed by atoms with van der Waals surface area (Å²) >= 11 is 0. The molecule has 118 valence electrons. The number of hydrogen-bond donors (Lipinski definition) is 0. The molecule has 2 aromatic rings. The monoisotopic (exact) mass is 312 g/mol. The maximum Gasteiger partial charge on any atom is 0.123 e. The van der Waals surface area contributed by atoms with Crippen LogP contribution in [0.5, 0.6) is 5.75 Å². The highest BCUT2D eigenvalue weighted by atomic mass is 19.1. The summed E-state index contributed by atoms with van der Waals surface area (Å²) in [6.45, 7) is 3.27. The quantitative estimate of drug-likeness (QED) is 0.693. The number of halogens is 2. The summed E-state index contributed by atoms with van der Waals surface area (Å²) in [4.78, 5) is 0. The molecule has 1 aliphatic rings. The first-order valence-electron chi connectivity index (χ1n) is 7.63. The average molecular weight is 312 g/mol. The van der Waals surface area contributed by atoms with E-state index in [1.54, 1.807) is 6.07 Å². The Morgan fingerprint density at radius 2 is 1.87 bits per heavy atom. The van der Waals surface area contributed by atoms with Gasteiger partial charge in [0.05, 0.1) is 12.5 Å². The van der Waals surface area contributed by atoms with E-state index < -0.39 is 17.5 Å². The Balaban J connectivity index is 2.05. The topological polar surface area (TPSA) is 9.23 Å². The highest BCUT2D eigenvalue weighted by molar-refractivity contribution is 5.46. The summed E-state index contributed by atoms with van der Waals surface area (Å²) < 4.78 is 33.9. The van der Waals surface area contributed by atoms with Crippen LogP contribution in [-0.2, 0) is 0 Å². The van der Waals surface area contributed by atoms with Crippen molar-refractivity contribution in [1.82, 2.24) is 0 Å².